The van der Waals surface area contributed by atoms with E-state index < -0.39 is 15.9 Å². The van der Waals surface area contributed by atoms with Gasteiger partial charge in [0.1, 0.15) is 5.75 Å². The van der Waals surface area contributed by atoms with E-state index in [0.29, 0.717) is 28.9 Å². The number of likely N-dealkylation sites (N-methyl/N-ethyl adjacent to an activating group) is 1. The van der Waals surface area contributed by atoms with Crippen molar-refractivity contribution in [2.45, 2.75) is 23.8 Å². The van der Waals surface area contributed by atoms with Crippen molar-refractivity contribution >= 4 is 32.4 Å². The van der Waals surface area contributed by atoms with Gasteiger partial charge in [0.2, 0.25) is 5.91 Å². The summed E-state index contributed by atoms with van der Waals surface area (Å²) in [5.74, 6) is -0.141. The summed E-state index contributed by atoms with van der Waals surface area (Å²) in [5.41, 5.74) is 1.26. The zero-order valence-corrected chi connectivity index (χ0v) is 20.1. The van der Waals surface area contributed by atoms with Crippen LogP contribution in [0.2, 0.25) is 0 Å². The Morgan fingerprint density at radius 3 is 2.45 bits per heavy atom. The SMILES string of the molecule is COc1ccc(S(=O)(=O)N2CC(C(=O)NC(C)CN(C)C)c3ccccc32)c2ccccc12. The van der Waals surface area contributed by atoms with Gasteiger partial charge in [0.25, 0.3) is 10.0 Å². The Bertz CT molecular complexity index is 1290. The van der Waals surface area contributed by atoms with Crippen molar-refractivity contribution in [2.24, 2.45) is 0 Å². The van der Waals surface area contributed by atoms with E-state index in [2.05, 4.69) is 5.32 Å². The largest absolute Gasteiger partial charge is 0.496 e. The summed E-state index contributed by atoms with van der Waals surface area (Å²) >= 11 is 0. The van der Waals surface area contributed by atoms with E-state index in [-0.39, 0.29) is 23.4 Å². The molecule has 0 fully saturated rings. The van der Waals surface area contributed by atoms with Gasteiger partial charge in [-0.2, -0.15) is 0 Å². The van der Waals surface area contributed by atoms with Crippen LogP contribution in [-0.2, 0) is 14.8 Å². The number of carbonyl (C=O) groups is 1. The molecule has 7 nitrogen and oxygen atoms in total. The number of para-hydroxylation sites is 1. The van der Waals surface area contributed by atoms with E-state index in [1.54, 1.807) is 43.5 Å². The summed E-state index contributed by atoms with van der Waals surface area (Å²) in [6.07, 6.45) is 0. The maximum absolute atomic E-state index is 13.9. The smallest absolute Gasteiger partial charge is 0.264 e. The third-order valence-electron chi connectivity index (χ3n) is 5.91. The Labute approximate surface area is 195 Å². The van der Waals surface area contributed by atoms with Crippen molar-refractivity contribution in [1.29, 1.82) is 0 Å². The van der Waals surface area contributed by atoms with E-state index in [1.165, 1.54) is 4.31 Å². The Morgan fingerprint density at radius 2 is 1.76 bits per heavy atom. The molecular formula is C25H29N3O4S. The third kappa shape index (κ3) is 4.28. The van der Waals surface area contributed by atoms with Crippen molar-refractivity contribution in [3.05, 3.63) is 66.2 Å². The van der Waals surface area contributed by atoms with Gasteiger partial charge in [0, 0.05) is 23.4 Å². The molecular weight excluding hydrogens is 438 g/mol. The fraction of sp³-hybridized carbons (Fsp3) is 0.320. The number of ether oxygens (including phenoxy) is 1. The average Bonchev–Trinajstić information content (AvgIpc) is 3.18. The van der Waals surface area contributed by atoms with Gasteiger partial charge in [0.05, 0.1) is 30.2 Å². The number of fused-ring (bicyclic) bond motifs is 2. The molecule has 1 aliphatic heterocycles. The molecule has 8 heteroatoms. The van der Waals surface area contributed by atoms with Crippen molar-refractivity contribution in [1.82, 2.24) is 10.2 Å². The number of amides is 1. The number of hydrogen-bond acceptors (Lipinski definition) is 5. The summed E-state index contributed by atoms with van der Waals surface area (Å²) in [6.45, 7) is 2.69. The molecule has 0 radical (unpaired) electrons. The van der Waals surface area contributed by atoms with Crippen molar-refractivity contribution < 1.29 is 17.9 Å². The lowest BCUT2D eigenvalue weighted by Crippen LogP contribution is -2.43. The molecule has 1 aliphatic rings. The molecule has 0 aromatic heterocycles. The second kappa shape index (κ2) is 9.03. The number of sulfonamides is 1. The predicted molar refractivity (Wildman–Crippen MR) is 130 cm³/mol. The van der Waals surface area contributed by atoms with Crippen LogP contribution in [0.3, 0.4) is 0 Å². The lowest BCUT2D eigenvalue weighted by Gasteiger charge is -2.22. The fourth-order valence-electron chi connectivity index (χ4n) is 4.53. The van der Waals surface area contributed by atoms with Crippen molar-refractivity contribution in [3.63, 3.8) is 0 Å². The van der Waals surface area contributed by atoms with Gasteiger partial charge in [-0.05, 0) is 44.8 Å². The summed E-state index contributed by atoms with van der Waals surface area (Å²) in [5, 5.41) is 4.34. The first kappa shape index (κ1) is 23.1. The van der Waals surface area contributed by atoms with Crippen LogP contribution in [0.4, 0.5) is 5.69 Å². The second-order valence-electron chi connectivity index (χ2n) is 8.63. The Hall–Kier alpha value is -3.10. The lowest BCUT2D eigenvalue weighted by molar-refractivity contribution is -0.122. The first-order valence-corrected chi connectivity index (χ1v) is 12.3. The molecule has 2 atom stereocenters. The number of nitrogens with one attached hydrogen (secondary N) is 1. The number of hydrogen-bond donors (Lipinski definition) is 1. The van der Waals surface area contributed by atoms with Crippen LogP contribution in [0.25, 0.3) is 10.8 Å². The fourth-order valence-corrected chi connectivity index (χ4v) is 6.23. The highest BCUT2D eigenvalue weighted by Crippen LogP contribution is 2.41. The molecule has 3 aromatic carbocycles. The van der Waals surface area contributed by atoms with Crippen LogP contribution in [0, 0.1) is 0 Å². The van der Waals surface area contributed by atoms with Crippen molar-refractivity contribution in [3.8, 4) is 5.75 Å². The summed E-state index contributed by atoms with van der Waals surface area (Å²) in [7, 11) is 1.53. The summed E-state index contributed by atoms with van der Waals surface area (Å²) in [6, 6.07) is 17.7. The first-order valence-electron chi connectivity index (χ1n) is 10.9. The van der Waals surface area contributed by atoms with Gasteiger partial charge in [-0.3, -0.25) is 9.10 Å². The zero-order chi connectivity index (χ0) is 23.8. The molecule has 0 saturated carbocycles. The van der Waals surface area contributed by atoms with Crippen LogP contribution in [0.5, 0.6) is 5.75 Å². The highest BCUT2D eigenvalue weighted by atomic mass is 32.2. The minimum atomic E-state index is -3.93. The minimum absolute atomic E-state index is 0.0581. The van der Waals surface area contributed by atoms with Crippen molar-refractivity contribution in [2.75, 3.05) is 38.6 Å². The summed E-state index contributed by atoms with van der Waals surface area (Å²) < 4.78 is 34.6. The molecule has 0 aliphatic carbocycles. The van der Waals surface area contributed by atoms with E-state index in [0.717, 1.165) is 5.39 Å². The number of rotatable bonds is 7. The van der Waals surface area contributed by atoms with Gasteiger partial charge < -0.3 is 15.0 Å². The number of benzene rings is 3. The lowest BCUT2D eigenvalue weighted by atomic mass is 10.0. The quantitative estimate of drug-likeness (QED) is 0.577. The molecule has 0 bridgehead atoms. The van der Waals surface area contributed by atoms with E-state index in [4.69, 9.17) is 4.74 Å². The van der Waals surface area contributed by atoms with Crippen LogP contribution < -0.4 is 14.4 Å². The second-order valence-corrected chi connectivity index (χ2v) is 10.5. The van der Waals surface area contributed by atoms with Crippen LogP contribution in [0.1, 0.15) is 18.4 Å². The van der Waals surface area contributed by atoms with Gasteiger partial charge in [-0.1, -0.05) is 42.5 Å². The van der Waals surface area contributed by atoms with Gasteiger partial charge in [-0.25, -0.2) is 8.42 Å². The minimum Gasteiger partial charge on any atom is -0.496 e. The molecule has 1 heterocycles. The van der Waals surface area contributed by atoms with E-state index in [9.17, 15) is 13.2 Å². The Morgan fingerprint density at radius 1 is 1.09 bits per heavy atom. The van der Waals surface area contributed by atoms with Gasteiger partial charge in [0.15, 0.2) is 0 Å². The first-order chi connectivity index (χ1) is 15.7. The van der Waals surface area contributed by atoms with Gasteiger partial charge >= 0.3 is 0 Å². The highest BCUT2D eigenvalue weighted by molar-refractivity contribution is 7.93. The van der Waals surface area contributed by atoms with E-state index >= 15 is 0 Å². The molecule has 4 rings (SSSR count). The van der Waals surface area contributed by atoms with E-state index in [1.807, 2.05) is 50.2 Å². The number of methoxy groups -OCH3 is 1. The third-order valence-corrected chi connectivity index (χ3v) is 7.74. The molecule has 1 N–H and O–H groups in total. The maximum atomic E-state index is 13.9. The molecule has 174 valence electrons. The van der Waals surface area contributed by atoms with Gasteiger partial charge in [-0.15, -0.1) is 0 Å². The number of nitrogens with zero attached hydrogens (tertiary/aromatic N) is 2. The Balaban J connectivity index is 1.73. The Kier molecular flexibility index (Phi) is 6.32. The number of carbonyl (C=O) groups excluding carboxylic acids is 1. The molecule has 1 amide bonds. The van der Waals surface area contributed by atoms with Crippen LogP contribution in [0.15, 0.2) is 65.6 Å². The predicted octanol–water partition coefficient (Wildman–Crippen LogP) is 3.21. The number of anilines is 1. The molecule has 0 spiro atoms. The summed E-state index contributed by atoms with van der Waals surface area (Å²) in [4.78, 5) is 15.3. The normalized spacial score (nSPS) is 16.6. The average molecular weight is 468 g/mol. The topological polar surface area (TPSA) is 79.0 Å². The molecule has 33 heavy (non-hydrogen) atoms. The highest BCUT2D eigenvalue weighted by Gasteiger charge is 2.40. The maximum Gasteiger partial charge on any atom is 0.264 e. The monoisotopic (exact) mass is 467 g/mol. The zero-order valence-electron chi connectivity index (χ0n) is 19.3. The van der Waals surface area contributed by atoms with Crippen LogP contribution in [-0.4, -0.2) is 59.6 Å². The molecule has 0 saturated heterocycles. The molecule has 2 unspecified atom stereocenters. The van der Waals surface area contributed by atoms with Crippen LogP contribution >= 0.6 is 0 Å². The standard InChI is InChI=1S/C25H29N3O4S/c1-17(15-27(2)3)26-25(29)21-16-28(22-12-8-7-9-18(21)22)33(30,31)24-14-13-23(32-4)19-10-5-6-11-20(19)24/h5-14,17,21H,15-16H2,1-4H3,(H,26,29). The molecule has 3 aromatic rings.